The molecular formula is C10H9FO2. The summed E-state index contributed by atoms with van der Waals surface area (Å²) < 4.78 is 18.2. The van der Waals surface area contributed by atoms with Crippen molar-refractivity contribution in [3.05, 3.63) is 35.8 Å². The molecule has 0 spiro atoms. The molecule has 0 atom stereocenters. The first-order valence-electron chi connectivity index (χ1n) is 4.08. The van der Waals surface area contributed by atoms with Crippen LogP contribution in [0.3, 0.4) is 0 Å². The predicted molar refractivity (Wildman–Crippen MR) is 47.0 cm³/mol. The van der Waals surface area contributed by atoms with Gasteiger partial charge >= 0.3 is 0 Å². The fourth-order valence-electron chi connectivity index (χ4n) is 1.42. The number of rotatable bonds is 2. The molecule has 1 aromatic heterocycles. The van der Waals surface area contributed by atoms with Crippen LogP contribution in [0.15, 0.2) is 28.9 Å². The molecule has 1 N–H and O–H groups in total. The highest BCUT2D eigenvalue weighted by Gasteiger charge is 2.06. The van der Waals surface area contributed by atoms with Crippen LogP contribution in [0.25, 0.3) is 11.0 Å². The molecule has 0 unspecified atom stereocenters. The van der Waals surface area contributed by atoms with E-state index in [-0.39, 0.29) is 12.4 Å². The van der Waals surface area contributed by atoms with Crippen LogP contribution in [0, 0.1) is 5.82 Å². The van der Waals surface area contributed by atoms with Crippen LogP contribution in [0.1, 0.15) is 5.56 Å². The number of hydrogen-bond donors (Lipinski definition) is 1. The maximum Gasteiger partial charge on any atom is 0.137 e. The summed E-state index contributed by atoms with van der Waals surface area (Å²) in [6.45, 7) is -0.000741. The van der Waals surface area contributed by atoms with Gasteiger partial charge in [-0.2, -0.15) is 0 Å². The zero-order chi connectivity index (χ0) is 9.26. The van der Waals surface area contributed by atoms with Gasteiger partial charge in [-0.25, -0.2) is 4.39 Å². The van der Waals surface area contributed by atoms with Gasteiger partial charge in [0.25, 0.3) is 0 Å². The summed E-state index contributed by atoms with van der Waals surface area (Å²) in [6, 6.07) is 4.51. The van der Waals surface area contributed by atoms with Crippen LogP contribution in [0.5, 0.6) is 0 Å². The summed E-state index contributed by atoms with van der Waals surface area (Å²) in [4.78, 5) is 0. The molecule has 0 amide bonds. The molecule has 2 rings (SSSR count). The number of halogens is 1. The maximum absolute atomic E-state index is 13.0. The molecule has 0 bridgehead atoms. The van der Waals surface area contributed by atoms with Gasteiger partial charge in [0.05, 0.1) is 6.26 Å². The van der Waals surface area contributed by atoms with E-state index in [2.05, 4.69) is 0 Å². The Labute approximate surface area is 74.6 Å². The van der Waals surface area contributed by atoms with E-state index in [1.165, 1.54) is 18.4 Å². The second-order valence-electron chi connectivity index (χ2n) is 2.88. The van der Waals surface area contributed by atoms with Gasteiger partial charge in [-0.05, 0) is 24.6 Å². The van der Waals surface area contributed by atoms with E-state index >= 15 is 0 Å². The number of aliphatic hydroxyl groups excluding tert-OH is 1. The Bertz CT molecular complexity index is 420. The lowest BCUT2D eigenvalue weighted by atomic mass is 10.1. The van der Waals surface area contributed by atoms with Gasteiger partial charge in [-0.3, -0.25) is 0 Å². The minimum absolute atomic E-state index is 0.000741. The van der Waals surface area contributed by atoms with Gasteiger partial charge < -0.3 is 9.52 Å². The largest absolute Gasteiger partial charge is 0.464 e. The van der Waals surface area contributed by atoms with Crippen LogP contribution in [-0.2, 0) is 6.42 Å². The first kappa shape index (κ1) is 8.26. The third-order valence-corrected chi connectivity index (χ3v) is 1.97. The fourth-order valence-corrected chi connectivity index (χ4v) is 1.42. The second-order valence-corrected chi connectivity index (χ2v) is 2.88. The molecule has 1 heterocycles. The number of hydrogen-bond acceptors (Lipinski definition) is 2. The highest BCUT2D eigenvalue weighted by molar-refractivity contribution is 5.80. The van der Waals surface area contributed by atoms with Crippen LogP contribution in [0.2, 0.25) is 0 Å². The van der Waals surface area contributed by atoms with E-state index in [1.807, 2.05) is 0 Å². The first-order valence-corrected chi connectivity index (χ1v) is 4.08. The molecule has 0 saturated carbocycles. The Hall–Kier alpha value is -1.35. The number of benzene rings is 1. The van der Waals surface area contributed by atoms with Crippen molar-refractivity contribution in [1.82, 2.24) is 0 Å². The quantitative estimate of drug-likeness (QED) is 0.767. The van der Waals surface area contributed by atoms with Crippen LogP contribution < -0.4 is 0 Å². The number of aliphatic hydroxyl groups is 1. The monoisotopic (exact) mass is 180 g/mol. The summed E-state index contributed by atoms with van der Waals surface area (Å²) in [5, 5.41) is 9.48. The fraction of sp³-hybridized carbons (Fsp3) is 0.200. The second kappa shape index (κ2) is 3.18. The summed E-state index contributed by atoms with van der Waals surface area (Å²) in [5.74, 6) is -0.294. The predicted octanol–water partition coefficient (Wildman–Crippen LogP) is 2.11. The molecule has 2 nitrogen and oxygen atoms in total. The average molecular weight is 180 g/mol. The third kappa shape index (κ3) is 1.42. The molecular weight excluding hydrogens is 171 g/mol. The number of fused-ring (bicyclic) bond motifs is 1. The van der Waals surface area contributed by atoms with Gasteiger partial charge in [0.2, 0.25) is 0 Å². The lowest BCUT2D eigenvalue weighted by Gasteiger charge is -1.99. The number of furan rings is 1. The average Bonchev–Trinajstić information content (AvgIpc) is 2.52. The van der Waals surface area contributed by atoms with Gasteiger partial charge in [0.1, 0.15) is 11.4 Å². The SMILES string of the molecule is OCCc1cc(F)cc2ccoc12. The molecule has 0 aliphatic carbocycles. The highest BCUT2D eigenvalue weighted by Crippen LogP contribution is 2.21. The van der Waals surface area contributed by atoms with E-state index in [4.69, 9.17) is 9.52 Å². The van der Waals surface area contributed by atoms with Crippen molar-refractivity contribution < 1.29 is 13.9 Å². The van der Waals surface area contributed by atoms with Crippen molar-refractivity contribution in [2.24, 2.45) is 0 Å². The van der Waals surface area contributed by atoms with Crippen molar-refractivity contribution in [1.29, 1.82) is 0 Å². The van der Waals surface area contributed by atoms with Gasteiger partial charge in [-0.1, -0.05) is 0 Å². The Balaban J connectivity index is 2.63. The minimum Gasteiger partial charge on any atom is -0.464 e. The van der Waals surface area contributed by atoms with Crippen molar-refractivity contribution in [2.75, 3.05) is 6.61 Å². The minimum atomic E-state index is -0.294. The molecule has 68 valence electrons. The maximum atomic E-state index is 13.0. The molecule has 2 aromatic rings. The third-order valence-electron chi connectivity index (χ3n) is 1.97. The summed E-state index contributed by atoms with van der Waals surface area (Å²) in [7, 11) is 0. The topological polar surface area (TPSA) is 33.4 Å². The Morgan fingerprint density at radius 2 is 2.23 bits per heavy atom. The van der Waals surface area contributed by atoms with Gasteiger partial charge in [-0.15, -0.1) is 0 Å². The molecule has 0 aliphatic rings. The normalized spacial score (nSPS) is 10.9. The molecule has 1 aromatic carbocycles. The van der Waals surface area contributed by atoms with Crippen LogP contribution >= 0.6 is 0 Å². The molecule has 0 aliphatic heterocycles. The van der Waals surface area contributed by atoms with E-state index in [0.29, 0.717) is 17.6 Å². The molecule has 0 saturated heterocycles. The zero-order valence-corrected chi connectivity index (χ0v) is 6.96. The van der Waals surface area contributed by atoms with Crippen molar-refractivity contribution in [2.45, 2.75) is 6.42 Å². The van der Waals surface area contributed by atoms with Crippen molar-refractivity contribution >= 4 is 11.0 Å². The standard InChI is InChI=1S/C10H9FO2/c11-9-5-7(1-3-12)10-8(6-9)2-4-13-10/h2,4-6,12H,1,3H2. The lowest BCUT2D eigenvalue weighted by Crippen LogP contribution is -1.92. The molecule has 3 heteroatoms. The highest BCUT2D eigenvalue weighted by atomic mass is 19.1. The van der Waals surface area contributed by atoms with E-state index in [9.17, 15) is 4.39 Å². The van der Waals surface area contributed by atoms with Crippen molar-refractivity contribution in [3.63, 3.8) is 0 Å². The first-order chi connectivity index (χ1) is 6.31. The zero-order valence-electron chi connectivity index (χ0n) is 6.96. The molecule has 0 radical (unpaired) electrons. The Morgan fingerprint density at radius 1 is 1.38 bits per heavy atom. The van der Waals surface area contributed by atoms with E-state index in [1.54, 1.807) is 6.07 Å². The van der Waals surface area contributed by atoms with E-state index < -0.39 is 0 Å². The summed E-state index contributed by atoms with van der Waals surface area (Å²) >= 11 is 0. The molecule has 13 heavy (non-hydrogen) atoms. The Kier molecular flexibility index (Phi) is 2.02. The van der Waals surface area contributed by atoms with Gasteiger partial charge in [0.15, 0.2) is 0 Å². The summed E-state index contributed by atoms with van der Waals surface area (Å²) in [5.41, 5.74) is 1.37. The van der Waals surface area contributed by atoms with Crippen molar-refractivity contribution in [3.8, 4) is 0 Å². The summed E-state index contributed by atoms with van der Waals surface area (Å²) in [6.07, 6.45) is 1.94. The Morgan fingerprint density at radius 3 is 3.00 bits per heavy atom. The van der Waals surface area contributed by atoms with Gasteiger partial charge in [0, 0.05) is 17.6 Å². The molecule has 0 fully saturated rings. The van der Waals surface area contributed by atoms with Crippen LogP contribution in [0.4, 0.5) is 4.39 Å². The lowest BCUT2D eigenvalue weighted by molar-refractivity contribution is 0.299. The smallest absolute Gasteiger partial charge is 0.137 e. The van der Waals surface area contributed by atoms with E-state index in [0.717, 1.165) is 5.39 Å². The van der Waals surface area contributed by atoms with Crippen LogP contribution in [-0.4, -0.2) is 11.7 Å².